The topological polar surface area (TPSA) is 51.5 Å². The molecule has 1 aromatic rings. The molecule has 4 heteroatoms. The van der Waals surface area contributed by atoms with E-state index < -0.39 is 0 Å². The fourth-order valence-corrected chi connectivity index (χ4v) is 1.37. The number of benzene rings is 1. The van der Waals surface area contributed by atoms with E-state index in [9.17, 15) is 0 Å². The maximum Gasteiger partial charge on any atom is 0.119 e. The van der Waals surface area contributed by atoms with E-state index in [1.165, 1.54) is 0 Å². The minimum atomic E-state index is 0.0783. The number of hydrogen-bond acceptors (Lipinski definition) is 4. The molecule has 0 radical (unpaired) electrons. The second-order valence-electron chi connectivity index (χ2n) is 3.83. The smallest absolute Gasteiger partial charge is 0.119 e. The second-order valence-corrected chi connectivity index (χ2v) is 3.83. The van der Waals surface area contributed by atoms with E-state index in [-0.39, 0.29) is 6.10 Å². The fraction of sp³-hybridized carbons (Fsp3) is 0.500. The normalized spacial score (nSPS) is 11.8. The van der Waals surface area contributed by atoms with Crippen molar-refractivity contribution in [2.75, 3.05) is 26.4 Å². The van der Waals surface area contributed by atoms with Crippen molar-refractivity contribution >= 4 is 0 Å². The summed E-state index contributed by atoms with van der Waals surface area (Å²) < 4.78 is 16.2. The SMILES string of the molecule is CCOCC(C)OCCOc1ccc(C#N)cc1. The molecule has 0 bridgehead atoms. The van der Waals surface area contributed by atoms with Crippen molar-refractivity contribution in [2.45, 2.75) is 20.0 Å². The van der Waals surface area contributed by atoms with Gasteiger partial charge in [-0.25, -0.2) is 0 Å². The molecule has 0 spiro atoms. The van der Waals surface area contributed by atoms with Gasteiger partial charge in [0.1, 0.15) is 12.4 Å². The van der Waals surface area contributed by atoms with E-state index in [1.54, 1.807) is 24.3 Å². The summed E-state index contributed by atoms with van der Waals surface area (Å²) in [5, 5.41) is 8.65. The molecule has 1 aromatic carbocycles. The molecule has 0 saturated carbocycles. The third-order valence-corrected chi connectivity index (χ3v) is 2.29. The summed E-state index contributed by atoms with van der Waals surface area (Å²) in [5.74, 6) is 0.745. The fourth-order valence-electron chi connectivity index (χ4n) is 1.37. The summed E-state index contributed by atoms with van der Waals surface area (Å²) >= 11 is 0. The minimum Gasteiger partial charge on any atom is -0.491 e. The molecular formula is C14H19NO3. The molecule has 0 aromatic heterocycles. The molecule has 0 aliphatic rings. The Bertz CT molecular complexity index is 370. The van der Waals surface area contributed by atoms with Crippen molar-refractivity contribution in [1.29, 1.82) is 5.26 Å². The predicted octanol–water partition coefficient (Wildman–Crippen LogP) is 2.38. The molecule has 1 rings (SSSR count). The first-order valence-corrected chi connectivity index (χ1v) is 6.08. The van der Waals surface area contributed by atoms with Crippen molar-refractivity contribution < 1.29 is 14.2 Å². The lowest BCUT2D eigenvalue weighted by Crippen LogP contribution is -2.19. The van der Waals surface area contributed by atoms with Crippen LogP contribution in [0.25, 0.3) is 0 Å². The van der Waals surface area contributed by atoms with E-state index >= 15 is 0 Å². The summed E-state index contributed by atoms with van der Waals surface area (Å²) in [7, 11) is 0. The minimum absolute atomic E-state index is 0.0783. The zero-order chi connectivity index (χ0) is 13.2. The van der Waals surface area contributed by atoms with Crippen LogP contribution in [0.15, 0.2) is 24.3 Å². The molecule has 4 nitrogen and oxygen atoms in total. The molecule has 0 aliphatic carbocycles. The maximum absolute atomic E-state index is 8.65. The van der Waals surface area contributed by atoms with Gasteiger partial charge in [0, 0.05) is 6.61 Å². The lowest BCUT2D eigenvalue weighted by atomic mass is 10.2. The van der Waals surface area contributed by atoms with Crippen LogP contribution < -0.4 is 4.74 Å². The van der Waals surface area contributed by atoms with Gasteiger partial charge in [0.25, 0.3) is 0 Å². The molecule has 18 heavy (non-hydrogen) atoms. The molecule has 1 atom stereocenters. The van der Waals surface area contributed by atoms with Crippen LogP contribution in [0, 0.1) is 11.3 Å². The largest absolute Gasteiger partial charge is 0.491 e. The Morgan fingerprint density at radius 3 is 2.56 bits per heavy atom. The number of nitriles is 1. The summed E-state index contributed by atoms with van der Waals surface area (Å²) in [5.41, 5.74) is 0.629. The van der Waals surface area contributed by atoms with Gasteiger partial charge >= 0.3 is 0 Å². The molecule has 0 N–H and O–H groups in total. The van der Waals surface area contributed by atoms with Crippen molar-refractivity contribution in [3.8, 4) is 11.8 Å². The summed E-state index contributed by atoms with van der Waals surface area (Å²) in [6.07, 6.45) is 0.0783. The Labute approximate surface area is 108 Å². The first-order chi connectivity index (χ1) is 8.76. The number of nitrogens with zero attached hydrogens (tertiary/aromatic N) is 1. The van der Waals surface area contributed by atoms with E-state index in [0.717, 1.165) is 5.75 Å². The molecular weight excluding hydrogens is 230 g/mol. The van der Waals surface area contributed by atoms with Gasteiger partial charge < -0.3 is 14.2 Å². The van der Waals surface area contributed by atoms with E-state index in [2.05, 4.69) is 6.07 Å². The highest BCUT2D eigenvalue weighted by Gasteiger charge is 2.01. The molecule has 0 saturated heterocycles. The summed E-state index contributed by atoms with van der Waals surface area (Å²) in [6, 6.07) is 9.08. The molecule has 0 amide bonds. The Morgan fingerprint density at radius 1 is 1.22 bits per heavy atom. The van der Waals surface area contributed by atoms with Gasteiger partial charge in [0.15, 0.2) is 0 Å². The lowest BCUT2D eigenvalue weighted by molar-refractivity contribution is -0.0128. The van der Waals surface area contributed by atoms with Crippen molar-refractivity contribution in [3.05, 3.63) is 29.8 Å². The zero-order valence-electron chi connectivity index (χ0n) is 10.9. The van der Waals surface area contributed by atoms with Gasteiger partial charge in [-0.05, 0) is 38.1 Å². The van der Waals surface area contributed by atoms with Crippen molar-refractivity contribution in [3.63, 3.8) is 0 Å². The van der Waals surface area contributed by atoms with Gasteiger partial charge in [-0.2, -0.15) is 5.26 Å². The van der Waals surface area contributed by atoms with Crippen LogP contribution in [0.1, 0.15) is 19.4 Å². The number of ether oxygens (including phenoxy) is 3. The van der Waals surface area contributed by atoms with Crippen molar-refractivity contribution in [2.24, 2.45) is 0 Å². The van der Waals surface area contributed by atoms with E-state index in [0.29, 0.717) is 32.0 Å². The first-order valence-electron chi connectivity index (χ1n) is 6.08. The lowest BCUT2D eigenvalue weighted by Gasteiger charge is -2.13. The Morgan fingerprint density at radius 2 is 1.94 bits per heavy atom. The number of rotatable bonds is 8. The Kier molecular flexibility index (Phi) is 6.85. The Balaban J connectivity index is 2.15. The molecule has 0 heterocycles. The maximum atomic E-state index is 8.65. The average molecular weight is 249 g/mol. The highest BCUT2D eigenvalue weighted by Crippen LogP contribution is 2.11. The monoisotopic (exact) mass is 249 g/mol. The standard InChI is InChI=1S/C14H19NO3/c1-3-16-11-12(2)17-8-9-18-14-6-4-13(10-15)5-7-14/h4-7,12H,3,8-9,11H2,1-2H3. The molecule has 98 valence electrons. The van der Waals surface area contributed by atoms with Crippen LogP contribution in [-0.4, -0.2) is 32.5 Å². The molecule has 0 fully saturated rings. The predicted molar refractivity (Wildman–Crippen MR) is 68.6 cm³/mol. The second kappa shape index (κ2) is 8.51. The van der Waals surface area contributed by atoms with E-state index in [1.807, 2.05) is 13.8 Å². The van der Waals surface area contributed by atoms with Crippen LogP contribution >= 0.6 is 0 Å². The summed E-state index contributed by atoms with van der Waals surface area (Å²) in [6.45, 7) is 6.25. The summed E-state index contributed by atoms with van der Waals surface area (Å²) in [4.78, 5) is 0. The van der Waals surface area contributed by atoms with Gasteiger partial charge in [0.05, 0.1) is 31.0 Å². The average Bonchev–Trinajstić information content (AvgIpc) is 2.42. The van der Waals surface area contributed by atoms with Crippen LogP contribution in [0.4, 0.5) is 0 Å². The highest BCUT2D eigenvalue weighted by molar-refractivity contribution is 5.34. The van der Waals surface area contributed by atoms with Crippen LogP contribution in [0.2, 0.25) is 0 Å². The first kappa shape index (κ1) is 14.5. The van der Waals surface area contributed by atoms with Crippen LogP contribution in [0.5, 0.6) is 5.75 Å². The van der Waals surface area contributed by atoms with E-state index in [4.69, 9.17) is 19.5 Å². The van der Waals surface area contributed by atoms with Gasteiger partial charge in [0.2, 0.25) is 0 Å². The van der Waals surface area contributed by atoms with Gasteiger partial charge in [-0.1, -0.05) is 0 Å². The van der Waals surface area contributed by atoms with Gasteiger partial charge in [-0.3, -0.25) is 0 Å². The van der Waals surface area contributed by atoms with Gasteiger partial charge in [-0.15, -0.1) is 0 Å². The van der Waals surface area contributed by atoms with Crippen molar-refractivity contribution in [1.82, 2.24) is 0 Å². The zero-order valence-corrected chi connectivity index (χ0v) is 10.9. The quantitative estimate of drug-likeness (QED) is 0.664. The van der Waals surface area contributed by atoms with Crippen LogP contribution in [0.3, 0.4) is 0 Å². The third-order valence-electron chi connectivity index (χ3n) is 2.29. The third kappa shape index (κ3) is 5.67. The number of hydrogen-bond donors (Lipinski definition) is 0. The highest BCUT2D eigenvalue weighted by atomic mass is 16.5. The van der Waals surface area contributed by atoms with Crippen LogP contribution in [-0.2, 0) is 9.47 Å². The molecule has 0 aliphatic heterocycles. The molecule has 1 unspecified atom stereocenters. The Hall–Kier alpha value is -1.57.